The van der Waals surface area contributed by atoms with E-state index in [1.807, 2.05) is 17.0 Å². The first-order valence-corrected chi connectivity index (χ1v) is 7.88. The van der Waals surface area contributed by atoms with Gasteiger partial charge in [0.25, 0.3) is 0 Å². The van der Waals surface area contributed by atoms with E-state index in [1.54, 1.807) is 11.8 Å². The molecule has 1 amide bonds. The lowest BCUT2D eigenvalue weighted by Gasteiger charge is -2.28. The minimum atomic E-state index is 0.233. The predicted molar refractivity (Wildman–Crippen MR) is 83.6 cm³/mol. The Labute approximate surface area is 121 Å². The first-order valence-electron chi connectivity index (χ1n) is 6.89. The lowest BCUT2D eigenvalue weighted by Crippen LogP contribution is -2.40. The summed E-state index contributed by atoms with van der Waals surface area (Å²) in [5.41, 5.74) is 1.24. The molecule has 0 heterocycles. The molecule has 0 aliphatic heterocycles. The molecular formula is C16H25NOS. The Bertz CT molecular complexity index is 415. The number of aryl methyl sites for hydroxylation is 1. The van der Waals surface area contributed by atoms with Gasteiger partial charge in [0.1, 0.15) is 0 Å². The van der Waals surface area contributed by atoms with E-state index in [-0.39, 0.29) is 11.9 Å². The van der Waals surface area contributed by atoms with Crippen molar-refractivity contribution >= 4 is 17.7 Å². The van der Waals surface area contributed by atoms with Crippen LogP contribution in [0.15, 0.2) is 29.2 Å². The van der Waals surface area contributed by atoms with E-state index in [9.17, 15) is 4.79 Å². The van der Waals surface area contributed by atoms with Gasteiger partial charge in [-0.05, 0) is 38.3 Å². The van der Waals surface area contributed by atoms with E-state index in [1.165, 1.54) is 10.5 Å². The third-order valence-corrected chi connectivity index (χ3v) is 4.11. The first-order chi connectivity index (χ1) is 8.91. The van der Waals surface area contributed by atoms with E-state index in [4.69, 9.17) is 0 Å². The molecule has 19 heavy (non-hydrogen) atoms. The zero-order valence-electron chi connectivity index (χ0n) is 12.6. The van der Waals surface area contributed by atoms with Crippen LogP contribution in [0.4, 0.5) is 0 Å². The topological polar surface area (TPSA) is 20.3 Å². The van der Waals surface area contributed by atoms with Crippen molar-refractivity contribution < 1.29 is 4.79 Å². The number of carbonyl (C=O) groups is 1. The van der Waals surface area contributed by atoms with Crippen LogP contribution in [0.1, 0.15) is 33.3 Å². The highest BCUT2D eigenvalue weighted by Crippen LogP contribution is 2.22. The standard InChI is InChI=1S/C16H25NOS/c1-12(2)10-17(13(3)4)16(18)11-19-15-9-7-6-8-14(15)5/h6-9,12-13H,10-11H2,1-5H3. The molecule has 0 aliphatic carbocycles. The van der Waals surface area contributed by atoms with Gasteiger partial charge in [-0.15, -0.1) is 11.8 Å². The van der Waals surface area contributed by atoms with Crippen molar-refractivity contribution in [3.63, 3.8) is 0 Å². The van der Waals surface area contributed by atoms with Crippen LogP contribution < -0.4 is 0 Å². The zero-order chi connectivity index (χ0) is 14.4. The number of carbonyl (C=O) groups excluding carboxylic acids is 1. The second-order valence-electron chi connectivity index (χ2n) is 5.59. The number of benzene rings is 1. The Morgan fingerprint density at radius 1 is 1.21 bits per heavy atom. The number of amides is 1. The monoisotopic (exact) mass is 279 g/mol. The number of hydrogen-bond donors (Lipinski definition) is 0. The molecule has 106 valence electrons. The van der Waals surface area contributed by atoms with E-state index in [0.717, 1.165) is 6.54 Å². The second kappa shape index (κ2) is 7.59. The van der Waals surface area contributed by atoms with Crippen LogP contribution in [0.5, 0.6) is 0 Å². The lowest BCUT2D eigenvalue weighted by atomic mass is 10.2. The van der Waals surface area contributed by atoms with Crippen LogP contribution in [0, 0.1) is 12.8 Å². The Morgan fingerprint density at radius 2 is 1.84 bits per heavy atom. The predicted octanol–water partition coefficient (Wildman–Crippen LogP) is 3.98. The average Bonchev–Trinajstić information content (AvgIpc) is 2.34. The van der Waals surface area contributed by atoms with Crippen molar-refractivity contribution in [3.8, 4) is 0 Å². The summed E-state index contributed by atoms with van der Waals surface area (Å²) in [6.45, 7) is 11.4. The molecule has 0 N–H and O–H groups in total. The summed E-state index contributed by atoms with van der Waals surface area (Å²) in [7, 11) is 0. The summed E-state index contributed by atoms with van der Waals surface area (Å²) >= 11 is 1.64. The molecule has 0 aliphatic rings. The lowest BCUT2D eigenvalue weighted by molar-refractivity contribution is -0.130. The van der Waals surface area contributed by atoms with Crippen LogP contribution in [0.25, 0.3) is 0 Å². The fraction of sp³-hybridized carbons (Fsp3) is 0.562. The fourth-order valence-corrected chi connectivity index (χ4v) is 2.85. The smallest absolute Gasteiger partial charge is 0.233 e. The molecule has 1 rings (SSSR count). The van der Waals surface area contributed by atoms with Crippen molar-refractivity contribution in [2.75, 3.05) is 12.3 Å². The SMILES string of the molecule is Cc1ccccc1SCC(=O)N(CC(C)C)C(C)C. The van der Waals surface area contributed by atoms with Crippen LogP contribution in [-0.2, 0) is 4.79 Å². The Balaban J connectivity index is 2.60. The van der Waals surface area contributed by atoms with E-state index in [2.05, 4.69) is 46.8 Å². The molecule has 2 nitrogen and oxygen atoms in total. The van der Waals surface area contributed by atoms with Gasteiger partial charge in [0.2, 0.25) is 5.91 Å². The van der Waals surface area contributed by atoms with Crippen molar-refractivity contribution in [3.05, 3.63) is 29.8 Å². The summed E-state index contributed by atoms with van der Waals surface area (Å²) in [4.78, 5) is 15.5. The van der Waals surface area contributed by atoms with Crippen molar-refractivity contribution in [2.45, 2.75) is 45.6 Å². The number of nitrogens with zero attached hydrogens (tertiary/aromatic N) is 1. The number of hydrogen-bond acceptors (Lipinski definition) is 2. The molecule has 0 atom stereocenters. The number of rotatable bonds is 6. The maximum Gasteiger partial charge on any atom is 0.233 e. The van der Waals surface area contributed by atoms with Crippen LogP contribution in [0.3, 0.4) is 0 Å². The highest BCUT2D eigenvalue weighted by Gasteiger charge is 2.18. The molecular weight excluding hydrogens is 254 g/mol. The highest BCUT2D eigenvalue weighted by molar-refractivity contribution is 8.00. The van der Waals surface area contributed by atoms with Crippen LogP contribution in [-0.4, -0.2) is 29.1 Å². The molecule has 1 aromatic carbocycles. The van der Waals surface area contributed by atoms with Gasteiger partial charge in [0, 0.05) is 17.5 Å². The summed E-state index contributed by atoms with van der Waals surface area (Å²) < 4.78 is 0. The molecule has 3 heteroatoms. The maximum absolute atomic E-state index is 12.3. The summed E-state index contributed by atoms with van der Waals surface area (Å²) in [5, 5.41) is 0. The summed E-state index contributed by atoms with van der Waals surface area (Å²) in [5.74, 6) is 1.27. The minimum absolute atomic E-state index is 0.233. The summed E-state index contributed by atoms with van der Waals surface area (Å²) in [6, 6.07) is 8.48. The molecule has 0 bridgehead atoms. The zero-order valence-corrected chi connectivity index (χ0v) is 13.5. The Hall–Kier alpha value is -0.960. The van der Waals surface area contributed by atoms with Crippen molar-refractivity contribution in [1.82, 2.24) is 4.90 Å². The molecule has 0 saturated heterocycles. The number of thioether (sulfide) groups is 1. The van der Waals surface area contributed by atoms with Gasteiger partial charge in [-0.25, -0.2) is 0 Å². The first kappa shape index (κ1) is 16.1. The van der Waals surface area contributed by atoms with E-state index in [0.29, 0.717) is 11.7 Å². The van der Waals surface area contributed by atoms with Gasteiger partial charge in [-0.3, -0.25) is 4.79 Å². The van der Waals surface area contributed by atoms with Gasteiger partial charge >= 0.3 is 0 Å². The van der Waals surface area contributed by atoms with Gasteiger partial charge in [-0.1, -0.05) is 32.0 Å². The van der Waals surface area contributed by atoms with Crippen LogP contribution >= 0.6 is 11.8 Å². The maximum atomic E-state index is 12.3. The molecule has 0 unspecified atom stereocenters. The molecule has 0 spiro atoms. The quantitative estimate of drug-likeness (QED) is 0.734. The van der Waals surface area contributed by atoms with Crippen LogP contribution in [0.2, 0.25) is 0 Å². The molecule has 0 fully saturated rings. The molecule has 0 saturated carbocycles. The normalized spacial score (nSPS) is 11.1. The average molecular weight is 279 g/mol. The molecule has 0 aromatic heterocycles. The molecule has 0 radical (unpaired) electrons. The fourth-order valence-electron chi connectivity index (χ4n) is 1.93. The minimum Gasteiger partial charge on any atom is -0.339 e. The van der Waals surface area contributed by atoms with Crippen molar-refractivity contribution in [2.24, 2.45) is 5.92 Å². The third-order valence-electron chi connectivity index (χ3n) is 2.95. The van der Waals surface area contributed by atoms with Gasteiger partial charge in [0.15, 0.2) is 0 Å². The van der Waals surface area contributed by atoms with Gasteiger partial charge in [-0.2, -0.15) is 0 Å². The van der Waals surface area contributed by atoms with Crippen molar-refractivity contribution in [1.29, 1.82) is 0 Å². The van der Waals surface area contributed by atoms with E-state index >= 15 is 0 Å². The third kappa shape index (κ3) is 5.27. The van der Waals surface area contributed by atoms with Gasteiger partial charge < -0.3 is 4.90 Å². The highest BCUT2D eigenvalue weighted by atomic mass is 32.2. The Kier molecular flexibility index (Phi) is 6.43. The van der Waals surface area contributed by atoms with E-state index < -0.39 is 0 Å². The molecule has 1 aromatic rings. The summed E-state index contributed by atoms with van der Waals surface area (Å²) in [6.07, 6.45) is 0. The Morgan fingerprint density at radius 3 is 2.37 bits per heavy atom. The second-order valence-corrected chi connectivity index (χ2v) is 6.61. The van der Waals surface area contributed by atoms with Gasteiger partial charge in [0.05, 0.1) is 5.75 Å². The largest absolute Gasteiger partial charge is 0.339 e.